The molecule has 8 aliphatic heterocycles. The molecule has 18 heteroatoms. The lowest BCUT2D eigenvalue weighted by atomic mass is 10.0. The van der Waals surface area contributed by atoms with Crippen molar-refractivity contribution in [2.45, 2.75) is 328 Å². The molecule has 8 saturated heterocycles. The number of morpholine rings is 1. The molecule has 0 spiro atoms. The fourth-order valence-electron chi connectivity index (χ4n) is 11.4. The normalized spacial score (nSPS) is 20.8. The first-order chi connectivity index (χ1) is 40.8. The second-order valence-electron chi connectivity index (χ2n) is 34.3. The highest BCUT2D eigenvalue weighted by Gasteiger charge is 2.37. The van der Waals surface area contributed by atoms with Crippen LogP contribution in [0.3, 0.4) is 0 Å². The Kier molecular flexibility index (Phi) is 36.9. The SMILES string of the molecule is C.CC(C)(C)N1CCC1.CC(C)(C)N1CCCC1.CC(C)(C)N1CCCC1=O.CC(C)(C)N1CCCCC1.CC(C)(C)N1CCCCC1=O.CC(C)(C)N1CCCS1(=O)=O.CC(C)(C)N1CCOCC1.CC(C)(C)N1OCCC1=O.CC(C)(C)n1ccccc1=O. The molecule has 8 fully saturated rings. The molecule has 1 aromatic heterocycles. The van der Waals surface area contributed by atoms with Gasteiger partial charge in [-0.1, -0.05) is 19.9 Å². The summed E-state index contributed by atoms with van der Waals surface area (Å²) in [5.74, 6) is 1.05. The Morgan fingerprint density at radius 3 is 0.967 bits per heavy atom. The molecule has 0 aromatic carbocycles. The molecule has 9 heterocycles. The second kappa shape index (κ2) is 38.1. The first kappa shape index (κ1) is 88.0. The molecule has 0 saturated carbocycles. The van der Waals surface area contributed by atoms with Crippen molar-refractivity contribution in [1.29, 1.82) is 0 Å². The molecule has 536 valence electrons. The van der Waals surface area contributed by atoms with Crippen LogP contribution in [0.5, 0.6) is 0 Å². The number of nitrogens with zero attached hydrogens (tertiary/aromatic N) is 9. The van der Waals surface area contributed by atoms with Crippen LogP contribution in [0.4, 0.5) is 0 Å². The molecule has 0 radical (unpaired) electrons. The molecule has 3 amide bonds. The Balaban J connectivity index is 0.00000100. The molecule has 0 unspecified atom stereocenters. The highest BCUT2D eigenvalue weighted by atomic mass is 32.2. The zero-order chi connectivity index (χ0) is 69.5. The highest BCUT2D eigenvalue weighted by molar-refractivity contribution is 7.89. The standard InChI is InChI=1S/C9H17NO.C9H13NO.C9H19N.C8H17NO.C8H15NO.C8H17N.C7H15NO2S.C7H13NO2.C7H15N.CH4/c2*1-9(2,3)10-7-5-4-6-8(10)11;1-9(2,3)10-7-5-4-6-8-10;1-8(2,3)9-4-6-10-7-5-9;1-8(2,3)9-6-4-5-7(9)10;1-8(2,3)9-6-4-5-7-9;1-7(2,3)8-5-4-6-11(8,9)10;1-7(2,3)8-6(9)4-5-10-8;1-7(2,3)8-5-4-6-8;/h4-7H2,1-3H3;4-7H,1-3H3;4-8H2,1-3H3;4-7H2,1-3H3;4-6H2,1-3H3;4-7H2,1-3H3;4-6H2,1-3H3;4-5H2,1-3H3;4-6H2,1-3H3;1H4. The maximum atomic E-state index is 11.4. The van der Waals surface area contributed by atoms with E-state index in [1.54, 1.807) is 21.0 Å². The quantitative estimate of drug-likeness (QED) is 0.243. The fraction of sp³-hybridized carbons (Fsp3) is 0.890. The average Bonchev–Trinajstić information content (AvgIpc) is 1.91. The first-order valence-electron chi connectivity index (χ1n) is 34.7. The Labute approximate surface area is 560 Å². The number of aromatic nitrogens is 1. The summed E-state index contributed by atoms with van der Waals surface area (Å²) in [7, 11) is -2.91. The predicted octanol–water partition coefficient (Wildman–Crippen LogP) is 14.0. The third-order valence-corrected chi connectivity index (χ3v) is 19.1. The van der Waals surface area contributed by atoms with Crippen molar-refractivity contribution < 1.29 is 32.4 Å². The average molecular weight is 1310 g/mol. The zero-order valence-electron chi connectivity index (χ0n) is 63.3. The van der Waals surface area contributed by atoms with Crippen LogP contribution in [0, 0.1) is 0 Å². The number of sulfonamides is 1. The van der Waals surface area contributed by atoms with Crippen molar-refractivity contribution >= 4 is 27.7 Å². The number of carbonyl (C=O) groups is 3. The van der Waals surface area contributed by atoms with Crippen LogP contribution in [0.1, 0.15) is 278 Å². The van der Waals surface area contributed by atoms with Crippen LogP contribution in [0.15, 0.2) is 29.2 Å². The number of hydrogen-bond donors (Lipinski definition) is 0. The van der Waals surface area contributed by atoms with Gasteiger partial charge in [-0.2, -0.15) is 4.31 Å². The fourth-order valence-corrected chi connectivity index (χ4v) is 13.3. The molecule has 0 aliphatic carbocycles. The number of rotatable bonds is 0. The van der Waals surface area contributed by atoms with Gasteiger partial charge in [0.05, 0.1) is 37.5 Å². The summed E-state index contributed by atoms with van der Waals surface area (Å²) in [4.78, 5) is 63.9. The number of likely N-dealkylation sites (tertiary alicyclic amines) is 5. The van der Waals surface area contributed by atoms with Crippen molar-refractivity contribution in [2.24, 2.45) is 0 Å². The van der Waals surface area contributed by atoms with Crippen LogP contribution < -0.4 is 5.56 Å². The monoisotopic (exact) mass is 1310 g/mol. The molecular weight excluding hydrogens is 1160 g/mol. The van der Waals surface area contributed by atoms with Gasteiger partial charge in [0.25, 0.3) is 5.56 Å². The molecule has 0 N–H and O–H groups in total. The van der Waals surface area contributed by atoms with Crippen molar-refractivity contribution in [3.8, 4) is 0 Å². The molecule has 9 rings (SSSR count). The van der Waals surface area contributed by atoms with E-state index in [-0.39, 0.29) is 46.6 Å². The topological polar surface area (TPSA) is 152 Å². The predicted molar refractivity (Wildman–Crippen MR) is 384 cm³/mol. The van der Waals surface area contributed by atoms with Crippen molar-refractivity contribution in [1.82, 2.24) is 43.3 Å². The number of pyridine rings is 1. The van der Waals surface area contributed by atoms with Gasteiger partial charge in [0.2, 0.25) is 27.7 Å². The summed E-state index contributed by atoms with van der Waals surface area (Å²) in [6, 6.07) is 5.20. The van der Waals surface area contributed by atoms with E-state index in [0.29, 0.717) is 59.3 Å². The Morgan fingerprint density at radius 2 is 0.736 bits per heavy atom. The molecule has 17 nitrogen and oxygen atoms in total. The van der Waals surface area contributed by atoms with Gasteiger partial charge in [0.15, 0.2) is 0 Å². The van der Waals surface area contributed by atoms with Gasteiger partial charge in [-0.05, 0) is 290 Å². The van der Waals surface area contributed by atoms with E-state index < -0.39 is 10.0 Å². The summed E-state index contributed by atoms with van der Waals surface area (Å²) in [6.45, 7) is 72.5. The minimum atomic E-state index is -2.91. The van der Waals surface area contributed by atoms with E-state index in [1.807, 2.05) is 84.4 Å². The van der Waals surface area contributed by atoms with Crippen molar-refractivity contribution in [2.75, 3.05) is 97.6 Å². The number of carbonyl (C=O) groups excluding carboxylic acids is 3. The minimum absolute atomic E-state index is 0. The van der Waals surface area contributed by atoms with Crippen LogP contribution >= 0.6 is 0 Å². The lowest BCUT2D eigenvalue weighted by Gasteiger charge is -2.42. The van der Waals surface area contributed by atoms with E-state index in [4.69, 9.17) is 9.57 Å². The zero-order valence-corrected chi connectivity index (χ0v) is 64.1. The van der Waals surface area contributed by atoms with Crippen LogP contribution in [-0.2, 0) is 39.5 Å². The molecule has 8 aliphatic rings. The largest absolute Gasteiger partial charge is 0.379 e. The van der Waals surface area contributed by atoms with Crippen molar-refractivity contribution in [3.05, 3.63) is 34.7 Å². The van der Waals surface area contributed by atoms with Gasteiger partial charge < -0.3 is 19.1 Å². The lowest BCUT2D eigenvalue weighted by Crippen LogP contribution is -2.49. The van der Waals surface area contributed by atoms with E-state index >= 15 is 0 Å². The molecule has 1 aromatic rings. The van der Waals surface area contributed by atoms with E-state index in [1.165, 1.54) is 89.3 Å². The van der Waals surface area contributed by atoms with Crippen LogP contribution in [-0.4, -0.2) is 211 Å². The summed E-state index contributed by atoms with van der Waals surface area (Å²) in [6.07, 6.45) is 16.3. The summed E-state index contributed by atoms with van der Waals surface area (Å²) < 4.78 is 31.2. The highest BCUT2D eigenvalue weighted by Crippen LogP contribution is 2.26. The molecular formula is C73H145N9O8S. The summed E-state index contributed by atoms with van der Waals surface area (Å²) >= 11 is 0. The number of amides is 3. The smallest absolute Gasteiger partial charge is 0.250 e. The van der Waals surface area contributed by atoms with Gasteiger partial charge in [0.1, 0.15) is 0 Å². The van der Waals surface area contributed by atoms with E-state index in [0.717, 1.165) is 71.5 Å². The lowest BCUT2D eigenvalue weighted by molar-refractivity contribution is -0.186. The maximum absolute atomic E-state index is 11.4. The molecule has 0 atom stereocenters. The number of hydroxylamine groups is 2. The van der Waals surface area contributed by atoms with Crippen molar-refractivity contribution in [3.63, 3.8) is 0 Å². The van der Waals surface area contributed by atoms with Gasteiger partial charge in [-0.15, -0.1) is 0 Å². The molecule has 0 bridgehead atoms. The number of hydrogen-bond acceptors (Lipinski definition) is 12. The molecule has 91 heavy (non-hydrogen) atoms. The third kappa shape index (κ3) is 34.5. The third-order valence-electron chi connectivity index (χ3n) is 16.9. The van der Waals surface area contributed by atoms with Gasteiger partial charge in [0, 0.05) is 102 Å². The van der Waals surface area contributed by atoms with Crippen LogP contribution in [0.2, 0.25) is 0 Å². The van der Waals surface area contributed by atoms with Gasteiger partial charge in [-0.25, -0.2) is 13.5 Å². The van der Waals surface area contributed by atoms with E-state index in [2.05, 4.69) is 144 Å². The summed E-state index contributed by atoms with van der Waals surface area (Å²) in [5, 5.41) is 1.45. The summed E-state index contributed by atoms with van der Waals surface area (Å²) in [5.41, 5.74) is 1.14. The number of piperidine rings is 2. The van der Waals surface area contributed by atoms with E-state index in [9.17, 15) is 27.6 Å². The minimum Gasteiger partial charge on any atom is -0.379 e. The second-order valence-corrected chi connectivity index (χ2v) is 36.3. The van der Waals surface area contributed by atoms with Gasteiger partial charge in [-0.3, -0.25) is 43.6 Å². The first-order valence-corrected chi connectivity index (χ1v) is 36.3. The Morgan fingerprint density at radius 1 is 0.352 bits per heavy atom. The maximum Gasteiger partial charge on any atom is 0.250 e. The van der Waals surface area contributed by atoms with Crippen LogP contribution in [0.25, 0.3) is 0 Å². The Hall–Kier alpha value is -2.97. The van der Waals surface area contributed by atoms with Gasteiger partial charge >= 0.3 is 0 Å². The Bertz CT molecular complexity index is 2320. The number of ether oxygens (including phenoxy) is 1.